The Morgan fingerprint density at radius 2 is 1.75 bits per heavy atom. The molecule has 0 aliphatic heterocycles. The molecule has 0 spiro atoms. The van der Waals surface area contributed by atoms with Crippen molar-refractivity contribution in [1.29, 1.82) is 0 Å². The normalized spacial score (nSPS) is 10.6. The first kappa shape index (κ1) is 18.2. The van der Waals surface area contributed by atoms with E-state index in [1.165, 1.54) is 0 Å². The lowest BCUT2D eigenvalue weighted by Gasteiger charge is -2.12. The summed E-state index contributed by atoms with van der Waals surface area (Å²) in [6, 6.07) is 18.9. The van der Waals surface area contributed by atoms with Gasteiger partial charge in [-0.05, 0) is 58.4 Å². The number of benzene rings is 2. The van der Waals surface area contributed by atoms with Crippen LogP contribution in [0.1, 0.15) is 5.56 Å². The molecule has 2 aromatic heterocycles. The fourth-order valence-electron chi connectivity index (χ4n) is 2.67. The van der Waals surface area contributed by atoms with Gasteiger partial charge < -0.3 is 13.9 Å². The molecule has 4 rings (SSSR count). The summed E-state index contributed by atoms with van der Waals surface area (Å²) in [5.41, 5.74) is 2.28. The summed E-state index contributed by atoms with van der Waals surface area (Å²) < 4.78 is 18.1. The number of para-hydroxylation sites is 1. The predicted molar refractivity (Wildman–Crippen MR) is 108 cm³/mol. The molecule has 0 saturated carbocycles. The predicted octanol–water partition coefficient (Wildman–Crippen LogP) is 5.15. The highest BCUT2D eigenvalue weighted by Gasteiger charge is 2.14. The molecule has 0 amide bonds. The average molecular weight is 438 g/mol. The SMILES string of the molecule is COc1ccc(-c2nnc(-c3ccccn3)o2)cc1COc1ccccc1Br. The van der Waals surface area contributed by atoms with Crippen LogP contribution < -0.4 is 9.47 Å². The monoisotopic (exact) mass is 437 g/mol. The Balaban J connectivity index is 1.60. The minimum Gasteiger partial charge on any atom is -0.496 e. The number of ether oxygens (including phenoxy) is 2. The molecule has 0 atom stereocenters. The van der Waals surface area contributed by atoms with Crippen LogP contribution in [0, 0.1) is 0 Å². The van der Waals surface area contributed by atoms with E-state index in [-0.39, 0.29) is 0 Å². The highest BCUT2D eigenvalue weighted by Crippen LogP contribution is 2.30. The smallest absolute Gasteiger partial charge is 0.266 e. The lowest BCUT2D eigenvalue weighted by Crippen LogP contribution is -1.99. The van der Waals surface area contributed by atoms with E-state index in [0.717, 1.165) is 27.1 Å². The summed E-state index contributed by atoms with van der Waals surface area (Å²) in [7, 11) is 1.63. The highest BCUT2D eigenvalue weighted by molar-refractivity contribution is 9.10. The number of nitrogens with zero attached hydrogens (tertiary/aromatic N) is 3. The van der Waals surface area contributed by atoms with Gasteiger partial charge in [-0.25, -0.2) is 0 Å². The number of hydrogen-bond donors (Lipinski definition) is 0. The summed E-state index contributed by atoms with van der Waals surface area (Å²) in [5.74, 6) is 2.26. The van der Waals surface area contributed by atoms with Gasteiger partial charge >= 0.3 is 0 Å². The lowest BCUT2D eigenvalue weighted by molar-refractivity contribution is 0.295. The van der Waals surface area contributed by atoms with Gasteiger partial charge in [0.1, 0.15) is 23.8 Å². The second kappa shape index (κ2) is 8.22. The molecule has 0 fully saturated rings. The zero-order chi connectivity index (χ0) is 19.3. The average Bonchev–Trinajstić information content (AvgIpc) is 3.24. The molecule has 0 N–H and O–H groups in total. The van der Waals surface area contributed by atoms with Crippen molar-refractivity contribution in [2.75, 3.05) is 7.11 Å². The molecule has 0 saturated heterocycles. The number of pyridine rings is 1. The minimum absolute atomic E-state index is 0.334. The van der Waals surface area contributed by atoms with E-state index < -0.39 is 0 Å². The second-order valence-corrected chi connectivity index (χ2v) is 6.73. The summed E-state index contributed by atoms with van der Waals surface area (Å²) in [5, 5.41) is 8.24. The largest absolute Gasteiger partial charge is 0.496 e. The third-order valence-electron chi connectivity index (χ3n) is 4.06. The first-order chi connectivity index (χ1) is 13.7. The summed E-state index contributed by atoms with van der Waals surface area (Å²) >= 11 is 3.49. The van der Waals surface area contributed by atoms with Crippen molar-refractivity contribution in [2.45, 2.75) is 6.61 Å². The quantitative estimate of drug-likeness (QED) is 0.415. The lowest BCUT2D eigenvalue weighted by atomic mass is 10.1. The van der Waals surface area contributed by atoms with E-state index in [2.05, 4.69) is 31.1 Å². The van der Waals surface area contributed by atoms with Crippen LogP contribution in [-0.4, -0.2) is 22.3 Å². The van der Waals surface area contributed by atoms with Crippen LogP contribution >= 0.6 is 15.9 Å². The molecule has 0 aliphatic carbocycles. The summed E-state index contributed by atoms with van der Waals surface area (Å²) in [6.45, 7) is 0.334. The molecule has 28 heavy (non-hydrogen) atoms. The fourth-order valence-corrected chi connectivity index (χ4v) is 3.07. The van der Waals surface area contributed by atoms with Crippen molar-refractivity contribution >= 4 is 15.9 Å². The highest BCUT2D eigenvalue weighted by atomic mass is 79.9. The van der Waals surface area contributed by atoms with E-state index >= 15 is 0 Å². The van der Waals surface area contributed by atoms with Crippen molar-refractivity contribution in [3.63, 3.8) is 0 Å². The van der Waals surface area contributed by atoms with Gasteiger partial charge in [0, 0.05) is 17.3 Å². The van der Waals surface area contributed by atoms with Crippen LogP contribution in [-0.2, 0) is 6.61 Å². The molecular formula is C21H16BrN3O3. The van der Waals surface area contributed by atoms with Gasteiger partial charge in [-0.15, -0.1) is 10.2 Å². The van der Waals surface area contributed by atoms with Crippen LogP contribution in [0.5, 0.6) is 11.5 Å². The van der Waals surface area contributed by atoms with Gasteiger partial charge in [0.15, 0.2) is 0 Å². The van der Waals surface area contributed by atoms with Crippen molar-refractivity contribution in [3.8, 4) is 34.5 Å². The maximum absolute atomic E-state index is 5.93. The zero-order valence-electron chi connectivity index (χ0n) is 15.0. The third-order valence-corrected chi connectivity index (χ3v) is 4.71. The van der Waals surface area contributed by atoms with E-state index in [1.54, 1.807) is 13.3 Å². The van der Waals surface area contributed by atoms with E-state index in [9.17, 15) is 0 Å². The zero-order valence-corrected chi connectivity index (χ0v) is 16.6. The number of methoxy groups -OCH3 is 1. The molecule has 0 radical (unpaired) electrons. The molecule has 0 bridgehead atoms. The number of rotatable bonds is 6. The third kappa shape index (κ3) is 3.89. The van der Waals surface area contributed by atoms with Crippen LogP contribution in [0.4, 0.5) is 0 Å². The summed E-state index contributed by atoms with van der Waals surface area (Å²) in [6.07, 6.45) is 1.68. The minimum atomic E-state index is 0.334. The molecule has 0 aliphatic rings. The number of aromatic nitrogens is 3. The molecule has 7 heteroatoms. The van der Waals surface area contributed by atoms with Crippen LogP contribution in [0.3, 0.4) is 0 Å². The molecular weight excluding hydrogens is 422 g/mol. The van der Waals surface area contributed by atoms with Gasteiger partial charge in [-0.3, -0.25) is 4.98 Å². The standard InChI is InChI=1S/C21H16BrN3O3/c1-26-18-10-9-14(12-15(18)13-27-19-8-3-2-6-16(19)22)20-24-25-21(28-20)17-7-4-5-11-23-17/h2-12H,13H2,1H3. The maximum Gasteiger partial charge on any atom is 0.266 e. The fraction of sp³-hybridized carbons (Fsp3) is 0.0952. The van der Waals surface area contributed by atoms with Crippen molar-refractivity contribution in [3.05, 3.63) is 76.9 Å². The molecule has 2 aromatic carbocycles. The first-order valence-corrected chi connectivity index (χ1v) is 9.33. The Labute approximate surface area is 170 Å². The van der Waals surface area contributed by atoms with Crippen LogP contribution in [0.15, 0.2) is 75.8 Å². The van der Waals surface area contributed by atoms with E-state index in [1.807, 2.05) is 60.7 Å². The van der Waals surface area contributed by atoms with E-state index in [0.29, 0.717) is 24.1 Å². The summed E-state index contributed by atoms with van der Waals surface area (Å²) in [4.78, 5) is 4.23. The van der Waals surface area contributed by atoms with Crippen molar-refractivity contribution in [2.24, 2.45) is 0 Å². The Morgan fingerprint density at radius 3 is 2.54 bits per heavy atom. The molecule has 0 unspecified atom stereocenters. The van der Waals surface area contributed by atoms with Gasteiger partial charge in [0.25, 0.3) is 5.89 Å². The molecule has 4 aromatic rings. The Hall–Kier alpha value is -3.19. The Morgan fingerprint density at radius 1 is 0.929 bits per heavy atom. The van der Waals surface area contributed by atoms with Gasteiger partial charge in [0.2, 0.25) is 5.89 Å². The van der Waals surface area contributed by atoms with E-state index in [4.69, 9.17) is 13.9 Å². The molecule has 6 nitrogen and oxygen atoms in total. The van der Waals surface area contributed by atoms with Gasteiger partial charge in [-0.2, -0.15) is 0 Å². The Kier molecular flexibility index (Phi) is 5.34. The topological polar surface area (TPSA) is 70.3 Å². The van der Waals surface area contributed by atoms with Crippen molar-refractivity contribution < 1.29 is 13.9 Å². The van der Waals surface area contributed by atoms with Crippen LogP contribution in [0.25, 0.3) is 23.0 Å². The van der Waals surface area contributed by atoms with Gasteiger partial charge in [0.05, 0.1) is 11.6 Å². The molecule has 140 valence electrons. The van der Waals surface area contributed by atoms with Gasteiger partial charge in [-0.1, -0.05) is 18.2 Å². The molecule has 2 heterocycles. The van der Waals surface area contributed by atoms with Crippen molar-refractivity contribution in [1.82, 2.24) is 15.2 Å². The first-order valence-electron chi connectivity index (χ1n) is 8.54. The second-order valence-electron chi connectivity index (χ2n) is 5.87. The van der Waals surface area contributed by atoms with Crippen LogP contribution in [0.2, 0.25) is 0 Å². The maximum atomic E-state index is 5.93. The number of hydrogen-bond acceptors (Lipinski definition) is 6. The number of halogens is 1. The Bertz CT molecular complexity index is 1080.